The number of rotatable bonds is 0. The van der Waals surface area contributed by atoms with E-state index >= 15 is 0 Å². The summed E-state index contributed by atoms with van der Waals surface area (Å²) in [4.78, 5) is 23.4. The molecule has 0 aromatic carbocycles. The number of carbonyl (C=O) groups excluding carboxylic acids is 2. The van der Waals surface area contributed by atoms with Gasteiger partial charge in [-0.2, -0.15) is 0 Å². The lowest BCUT2D eigenvalue weighted by molar-refractivity contribution is -0.154. The molecule has 1 aliphatic heterocycles. The van der Waals surface area contributed by atoms with E-state index in [0.29, 0.717) is 11.8 Å². The molecule has 0 aromatic rings. The topological polar surface area (TPSA) is 43.4 Å². The summed E-state index contributed by atoms with van der Waals surface area (Å²) in [5.74, 6) is 0.342. The van der Waals surface area contributed by atoms with Crippen LogP contribution in [0.5, 0.6) is 0 Å². The number of ether oxygens (including phenoxy) is 1. The van der Waals surface area contributed by atoms with Crippen molar-refractivity contribution in [3.05, 3.63) is 23.8 Å². The first-order chi connectivity index (χ1) is 7.68. The van der Waals surface area contributed by atoms with Crippen molar-refractivity contribution in [2.24, 2.45) is 35.5 Å². The van der Waals surface area contributed by atoms with Gasteiger partial charge in [0.05, 0.1) is 11.8 Å². The third kappa shape index (κ3) is 0.751. The Morgan fingerprint density at radius 2 is 1.56 bits per heavy atom. The van der Waals surface area contributed by atoms with Gasteiger partial charge >= 0.3 is 11.9 Å². The zero-order valence-electron chi connectivity index (χ0n) is 8.92. The van der Waals surface area contributed by atoms with E-state index in [1.54, 1.807) is 0 Å². The lowest BCUT2D eigenvalue weighted by Gasteiger charge is -2.53. The molecule has 4 aliphatic carbocycles. The van der Waals surface area contributed by atoms with Crippen molar-refractivity contribution >= 4 is 11.9 Å². The minimum Gasteiger partial charge on any atom is -0.393 e. The van der Waals surface area contributed by atoms with Crippen LogP contribution in [0.4, 0.5) is 0 Å². The standard InChI is InChI=1S/C13H12O3/c1-5-4-8-6-2-3-7(9(5)8)11-10(6)12(14)16-13(11)15/h2-4,6-11H,1H3. The fourth-order valence-corrected chi connectivity index (χ4v) is 4.14. The van der Waals surface area contributed by atoms with E-state index in [-0.39, 0.29) is 35.6 Å². The highest BCUT2D eigenvalue weighted by molar-refractivity contribution is 5.97. The summed E-state index contributed by atoms with van der Waals surface area (Å²) >= 11 is 0. The largest absolute Gasteiger partial charge is 0.393 e. The predicted molar refractivity (Wildman–Crippen MR) is 54.9 cm³/mol. The summed E-state index contributed by atoms with van der Waals surface area (Å²) in [7, 11) is 0. The van der Waals surface area contributed by atoms with Crippen molar-refractivity contribution in [3.8, 4) is 0 Å². The third-order valence-corrected chi connectivity index (χ3v) is 4.77. The molecule has 0 amide bonds. The molecular formula is C13H12O3. The van der Waals surface area contributed by atoms with Crippen molar-refractivity contribution in [3.63, 3.8) is 0 Å². The molecule has 1 saturated carbocycles. The average Bonchev–Trinajstić information content (AvgIpc) is 2.54. The third-order valence-electron chi connectivity index (χ3n) is 4.77. The maximum atomic E-state index is 11.7. The monoisotopic (exact) mass is 216 g/mol. The molecule has 5 aliphatic rings. The molecule has 2 fully saturated rings. The van der Waals surface area contributed by atoms with Gasteiger partial charge in [0.25, 0.3) is 0 Å². The highest BCUT2D eigenvalue weighted by atomic mass is 16.6. The van der Waals surface area contributed by atoms with Gasteiger partial charge in [0.15, 0.2) is 0 Å². The second-order valence-electron chi connectivity index (χ2n) is 5.35. The van der Waals surface area contributed by atoms with Crippen LogP contribution in [0.3, 0.4) is 0 Å². The fourth-order valence-electron chi connectivity index (χ4n) is 4.14. The van der Waals surface area contributed by atoms with Crippen LogP contribution in [-0.2, 0) is 14.3 Å². The van der Waals surface area contributed by atoms with Crippen molar-refractivity contribution < 1.29 is 14.3 Å². The van der Waals surface area contributed by atoms with E-state index < -0.39 is 0 Å². The van der Waals surface area contributed by atoms with Crippen molar-refractivity contribution in [1.82, 2.24) is 0 Å². The van der Waals surface area contributed by atoms with E-state index in [2.05, 4.69) is 25.2 Å². The van der Waals surface area contributed by atoms with Crippen LogP contribution in [-0.4, -0.2) is 11.9 Å². The lowest BCUT2D eigenvalue weighted by atomic mass is 9.48. The van der Waals surface area contributed by atoms with Gasteiger partial charge in [-0.25, -0.2) is 0 Å². The van der Waals surface area contributed by atoms with Gasteiger partial charge in [-0.05, 0) is 30.6 Å². The molecule has 0 spiro atoms. The first kappa shape index (κ1) is 8.74. The maximum Gasteiger partial charge on any atom is 0.318 e. The van der Waals surface area contributed by atoms with Crippen LogP contribution in [0, 0.1) is 35.5 Å². The maximum absolute atomic E-state index is 11.7. The molecule has 1 saturated heterocycles. The first-order valence-electron chi connectivity index (χ1n) is 5.80. The Kier molecular flexibility index (Phi) is 1.35. The molecule has 0 radical (unpaired) electrons. The van der Waals surface area contributed by atoms with Gasteiger partial charge in [-0.15, -0.1) is 0 Å². The van der Waals surface area contributed by atoms with E-state index in [1.807, 2.05) is 0 Å². The normalized spacial score (nSPS) is 51.7. The van der Waals surface area contributed by atoms with Crippen LogP contribution in [0.1, 0.15) is 6.92 Å². The molecule has 5 rings (SSSR count). The van der Waals surface area contributed by atoms with Gasteiger partial charge in [0.1, 0.15) is 0 Å². The van der Waals surface area contributed by atoms with Crippen LogP contribution in [0.15, 0.2) is 23.8 Å². The molecule has 2 bridgehead atoms. The Hall–Kier alpha value is -1.38. The predicted octanol–water partition coefficient (Wildman–Crippen LogP) is 1.31. The molecule has 0 aromatic heterocycles. The summed E-state index contributed by atoms with van der Waals surface area (Å²) in [5.41, 5.74) is 1.37. The molecule has 0 N–H and O–H groups in total. The van der Waals surface area contributed by atoms with Crippen molar-refractivity contribution in [2.45, 2.75) is 6.92 Å². The Morgan fingerprint density at radius 1 is 0.938 bits per heavy atom. The summed E-state index contributed by atoms with van der Waals surface area (Å²) < 4.78 is 4.81. The summed E-state index contributed by atoms with van der Waals surface area (Å²) in [6, 6.07) is 0. The minimum atomic E-state index is -0.300. The molecular weight excluding hydrogens is 204 g/mol. The van der Waals surface area contributed by atoms with Crippen molar-refractivity contribution in [1.29, 1.82) is 0 Å². The zero-order chi connectivity index (χ0) is 11.0. The van der Waals surface area contributed by atoms with Gasteiger partial charge in [0, 0.05) is 0 Å². The smallest absolute Gasteiger partial charge is 0.318 e. The number of esters is 2. The van der Waals surface area contributed by atoms with Gasteiger partial charge in [-0.3, -0.25) is 9.59 Å². The highest BCUT2D eigenvalue weighted by Crippen LogP contribution is 2.60. The zero-order valence-corrected chi connectivity index (χ0v) is 8.92. The van der Waals surface area contributed by atoms with Crippen molar-refractivity contribution in [2.75, 3.05) is 0 Å². The molecule has 6 unspecified atom stereocenters. The van der Waals surface area contributed by atoms with Crippen LogP contribution >= 0.6 is 0 Å². The second kappa shape index (κ2) is 2.47. The van der Waals surface area contributed by atoms with Gasteiger partial charge in [0.2, 0.25) is 0 Å². The Morgan fingerprint density at radius 3 is 2.25 bits per heavy atom. The molecule has 82 valence electrons. The van der Waals surface area contributed by atoms with Gasteiger partial charge in [-0.1, -0.05) is 23.8 Å². The highest BCUT2D eigenvalue weighted by Gasteiger charge is 2.62. The minimum absolute atomic E-state index is 0.197. The van der Waals surface area contributed by atoms with Gasteiger partial charge < -0.3 is 4.74 Å². The summed E-state index contributed by atoms with van der Waals surface area (Å²) in [6.07, 6.45) is 6.50. The molecule has 6 atom stereocenters. The number of hydrogen-bond donors (Lipinski definition) is 0. The van der Waals surface area contributed by atoms with E-state index in [1.165, 1.54) is 5.57 Å². The number of hydrogen-bond acceptors (Lipinski definition) is 3. The Balaban J connectivity index is 1.86. The Bertz CT molecular complexity index is 474. The molecule has 3 nitrogen and oxygen atoms in total. The second-order valence-corrected chi connectivity index (χ2v) is 5.35. The molecule has 16 heavy (non-hydrogen) atoms. The van der Waals surface area contributed by atoms with E-state index in [0.717, 1.165) is 0 Å². The first-order valence-corrected chi connectivity index (χ1v) is 5.80. The van der Waals surface area contributed by atoms with Crippen LogP contribution in [0.25, 0.3) is 0 Å². The number of carbonyl (C=O) groups is 2. The Labute approximate surface area is 93.2 Å². The number of allylic oxidation sites excluding steroid dienone is 4. The lowest BCUT2D eigenvalue weighted by Crippen LogP contribution is -2.52. The number of cyclic esters (lactones) is 2. The summed E-state index contributed by atoms with van der Waals surface area (Å²) in [5, 5.41) is 0. The van der Waals surface area contributed by atoms with Crippen LogP contribution < -0.4 is 0 Å². The SMILES string of the molecule is CC1=CC2C3C=CC(C12)C1C(=O)OC(=O)C31. The van der Waals surface area contributed by atoms with Crippen LogP contribution in [0.2, 0.25) is 0 Å². The summed E-state index contributed by atoms with van der Waals surface area (Å²) in [6.45, 7) is 2.12. The quantitative estimate of drug-likeness (QED) is 0.348. The fraction of sp³-hybridized carbons (Fsp3) is 0.538. The molecule has 1 heterocycles. The van der Waals surface area contributed by atoms with E-state index in [9.17, 15) is 9.59 Å². The average molecular weight is 216 g/mol. The van der Waals surface area contributed by atoms with E-state index in [4.69, 9.17) is 4.74 Å². The molecule has 3 heteroatoms.